The molecule has 0 fully saturated rings. The molecule has 0 aliphatic carbocycles. The Bertz CT molecular complexity index is 336. The van der Waals surface area contributed by atoms with Gasteiger partial charge in [-0.05, 0) is 26.1 Å². The van der Waals surface area contributed by atoms with Gasteiger partial charge in [-0.3, -0.25) is 4.90 Å². The first-order valence-electron chi connectivity index (χ1n) is 5.38. The van der Waals surface area contributed by atoms with Gasteiger partial charge in [0.25, 0.3) is 0 Å². The maximum Gasteiger partial charge on any atom is 0.401 e. The molecule has 0 atom stereocenters. The Morgan fingerprint density at radius 3 is 2.59 bits per heavy atom. The van der Waals surface area contributed by atoms with Crippen molar-refractivity contribution in [3.63, 3.8) is 0 Å². The molecule has 0 amide bonds. The fraction of sp³-hybridized carbons (Fsp3) is 0.636. The molecule has 0 spiro atoms. The van der Waals surface area contributed by atoms with Crippen molar-refractivity contribution in [2.75, 3.05) is 26.7 Å². The average Bonchev–Trinajstić information content (AvgIpc) is 2.56. The van der Waals surface area contributed by atoms with Crippen LogP contribution in [0.2, 0.25) is 0 Å². The molecular weight excluding hydrogens is 249 g/mol. The van der Waals surface area contributed by atoms with Gasteiger partial charge >= 0.3 is 6.18 Å². The molecule has 1 aromatic rings. The van der Waals surface area contributed by atoms with Gasteiger partial charge in [0, 0.05) is 29.4 Å². The van der Waals surface area contributed by atoms with Crippen molar-refractivity contribution in [1.29, 1.82) is 0 Å². The van der Waals surface area contributed by atoms with Crippen molar-refractivity contribution in [3.05, 3.63) is 21.9 Å². The van der Waals surface area contributed by atoms with Gasteiger partial charge in [0.05, 0.1) is 6.54 Å². The van der Waals surface area contributed by atoms with Crippen LogP contribution in [0, 0.1) is 6.92 Å². The molecule has 0 saturated heterocycles. The first-order chi connectivity index (χ1) is 7.87. The molecule has 98 valence electrons. The molecule has 1 N–H and O–H groups in total. The fourth-order valence-electron chi connectivity index (χ4n) is 1.45. The van der Waals surface area contributed by atoms with Gasteiger partial charge in [0.1, 0.15) is 0 Å². The van der Waals surface area contributed by atoms with Crippen LogP contribution in [0.5, 0.6) is 0 Å². The first kappa shape index (κ1) is 14.5. The number of rotatable bonds is 6. The van der Waals surface area contributed by atoms with E-state index < -0.39 is 12.7 Å². The number of likely N-dealkylation sites (N-methyl/N-ethyl adjacent to an activating group) is 1. The summed E-state index contributed by atoms with van der Waals surface area (Å²) in [6, 6.07) is 4.07. The molecule has 1 heterocycles. The normalized spacial score (nSPS) is 12.4. The zero-order valence-corrected chi connectivity index (χ0v) is 10.8. The Morgan fingerprint density at radius 1 is 1.35 bits per heavy atom. The van der Waals surface area contributed by atoms with Gasteiger partial charge in [0.2, 0.25) is 0 Å². The highest BCUT2D eigenvalue weighted by molar-refractivity contribution is 7.11. The van der Waals surface area contributed by atoms with Crippen molar-refractivity contribution in [3.8, 4) is 0 Å². The lowest BCUT2D eigenvalue weighted by Gasteiger charge is -2.18. The predicted octanol–water partition coefficient (Wildman–Crippen LogP) is 2.64. The van der Waals surface area contributed by atoms with E-state index in [1.54, 1.807) is 11.3 Å². The van der Waals surface area contributed by atoms with Crippen molar-refractivity contribution in [2.45, 2.75) is 19.6 Å². The van der Waals surface area contributed by atoms with Crippen molar-refractivity contribution in [2.24, 2.45) is 0 Å². The lowest BCUT2D eigenvalue weighted by atomic mass is 10.4. The summed E-state index contributed by atoms with van der Waals surface area (Å²) in [7, 11) is 1.48. The van der Waals surface area contributed by atoms with Crippen molar-refractivity contribution in [1.82, 2.24) is 10.2 Å². The van der Waals surface area contributed by atoms with Gasteiger partial charge in [-0.1, -0.05) is 0 Å². The Kier molecular flexibility index (Phi) is 5.42. The summed E-state index contributed by atoms with van der Waals surface area (Å²) >= 11 is 1.70. The molecule has 1 aromatic heterocycles. The van der Waals surface area contributed by atoms with E-state index in [-0.39, 0.29) is 0 Å². The van der Waals surface area contributed by atoms with Crippen LogP contribution in [0.25, 0.3) is 0 Å². The van der Waals surface area contributed by atoms with Crippen LogP contribution >= 0.6 is 11.3 Å². The first-order valence-corrected chi connectivity index (χ1v) is 6.20. The van der Waals surface area contributed by atoms with E-state index in [9.17, 15) is 13.2 Å². The molecule has 1 rings (SSSR count). The number of thiophene rings is 1. The second kappa shape index (κ2) is 6.37. The number of hydrogen-bond donors (Lipinski definition) is 1. The van der Waals surface area contributed by atoms with Crippen LogP contribution in [-0.2, 0) is 6.54 Å². The standard InChI is InChI=1S/C11H17F3N2S/c1-9-3-4-10(17-9)7-15-5-6-16(2)8-11(12,13)14/h3-4,15H,5-8H2,1-2H3. The van der Waals surface area contributed by atoms with Gasteiger partial charge < -0.3 is 5.32 Å². The van der Waals surface area contributed by atoms with E-state index >= 15 is 0 Å². The molecule has 0 aliphatic rings. The zero-order chi connectivity index (χ0) is 12.9. The van der Waals surface area contributed by atoms with Gasteiger partial charge in [-0.2, -0.15) is 13.2 Å². The molecule has 0 radical (unpaired) electrons. The summed E-state index contributed by atoms with van der Waals surface area (Å²) in [5.41, 5.74) is 0. The minimum atomic E-state index is -4.11. The summed E-state index contributed by atoms with van der Waals surface area (Å²) in [6.45, 7) is 2.85. The number of aryl methyl sites for hydroxylation is 1. The summed E-state index contributed by atoms with van der Waals surface area (Å²) in [5.74, 6) is 0. The molecule has 0 bridgehead atoms. The van der Waals surface area contributed by atoms with E-state index in [0.717, 1.165) is 6.54 Å². The molecule has 0 unspecified atom stereocenters. The Balaban J connectivity index is 2.12. The summed E-state index contributed by atoms with van der Waals surface area (Å²) < 4.78 is 36.1. The van der Waals surface area contributed by atoms with Crippen LogP contribution < -0.4 is 5.32 Å². The van der Waals surface area contributed by atoms with E-state index in [0.29, 0.717) is 13.1 Å². The molecular formula is C11H17F3N2S. The minimum Gasteiger partial charge on any atom is -0.311 e. The topological polar surface area (TPSA) is 15.3 Å². The molecule has 0 aromatic carbocycles. The lowest BCUT2D eigenvalue weighted by molar-refractivity contribution is -0.142. The molecule has 0 saturated carbocycles. The van der Waals surface area contributed by atoms with Crippen LogP contribution in [0.4, 0.5) is 13.2 Å². The fourth-order valence-corrected chi connectivity index (χ4v) is 2.31. The third-order valence-electron chi connectivity index (χ3n) is 2.21. The van der Waals surface area contributed by atoms with E-state index in [2.05, 4.69) is 5.32 Å². The zero-order valence-electron chi connectivity index (χ0n) is 9.97. The van der Waals surface area contributed by atoms with Crippen LogP contribution in [0.1, 0.15) is 9.75 Å². The third kappa shape index (κ3) is 6.65. The minimum absolute atomic E-state index is 0.393. The monoisotopic (exact) mass is 266 g/mol. The highest BCUT2D eigenvalue weighted by Gasteiger charge is 2.28. The molecule has 0 aliphatic heterocycles. The van der Waals surface area contributed by atoms with Crippen LogP contribution in [0.15, 0.2) is 12.1 Å². The molecule has 6 heteroatoms. The van der Waals surface area contributed by atoms with Crippen molar-refractivity contribution >= 4 is 11.3 Å². The number of halogens is 3. The summed E-state index contributed by atoms with van der Waals surface area (Å²) in [6.07, 6.45) is -4.11. The number of hydrogen-bond acceptors (Lipinski definition) is 3. The van der Waals surface area contributed by atoms with Crippen molar-refractivity contribution < 1.29 is 13.2 Å². The Hall–Kier alpha value is -0.590. The van der Waals surface area contributed by atoms with Gasteiger partial charge in [-0.15, -0.1) is 11.3 Å². The Morgan fingerprint density at radius 2 is 2.06 bits per heavy atom. The number of nitrogens with one attached hydrogen (secondary N) is 1. The lowest BCUT2D eigenvalue weighted by Crippen LogP contribution is -2.35. The summed E-state index contributed by atoms with van der Waals surface area (Å²) in [4.78, 5) is 3.73. The maximum atomic E-state index is 12.0. The highest BCUT2D eigenvalue weighted by Crippen LogP contribution is 2.15. The Labute approximate surface area is 103 Å². The van der Waals surface area contributed by atoms with Crippen LogP contribution in [0.3, 0.4) is 0 Å². The average molecular weight is 266 g/mol. The van der Waals surface area contributed by atoms with Gasteiger partial charge in [0.15, 0.2) is 0 Å². The SMILES string of the molecule is Cc1ccc(CNCCN(C)CC(F)(F)F)s1. The smallest absolute Gasteiger partial charge is 0.311 e. The predicted molar refractivity (Wildman–Crippen MR) is 64.3 cm³/mol. The largest absolute Gasteiger partial charge is 0.401 e. The second-order valence-corrected chi connectivity index (χ2v) is 5.41. The number of nitrogens with zero attached hydrogens (tertiary/aromatic N) is 1. The van der Waals surface area contributed by atoms with E-state index in [1.165, 1.54) is 21.7 Å². The van der Waals surface area contributed by atoms with E-state index in [1.807, 2.05) is 19.1 Å². The number of alkyl halides is 3. The molecule has 17 heavy (non-hydrogen) atoms. The third-order valence-corrected chi connectivity index (χ3v) is 3.22. The quantitative estimate of drug-likeness (QED) is 0.796. The van der Waals surface area contributed by atoms with Crippen LogP contribution in [-0.4, -0.2) is 37.8 Å². The molecule has 2 nitrogen and oxygen atoms in total. The van der Waals surface area contributed by atoms with Gasteiger partial charge in [-0.25, -0.2) is 0 Å². The highest BCUT2D eigenvalue weighted by atomic mass is 32.1. The van der Waals surface area contributed by atoms with E-state index in [4.69, 9.17) is 0 Å². The maximum absolute atomic E-state index is 12.0. The second-order valence-electron chi connectivity index (χ2n) is 4.04. The summed E-state index contributed by atoms with van der Waals surface area (Å²) in [5, 5.41) is 3.13.